The lowest BCUT2D eigenvalue weighted by Crippen LogP contribution is -2.57. The predicted molar refractivity (Wildman–Crippen MR) is 110 cm³/mol. The number of nitriles is 1. The van der Waals surface area contributed by atoms with Crippen molar-refractivity contribution in [3.05, 3.63) is 58.5 Å². The molecule has 1 saturated heterocycles. The number of nitroso groups, excluding NO2 is 1. The van der Waals surface area contributed by atoms with Gasteiger partial charge in [-0.05, 0) is 61.5 Å². The van der Waals surface area contributed by atoms with Crippen molar-refractivity contribution in [1.29, 1.82) is 5.26 Å². The number of nitrogens with zero attached hydrogens (tertiary/aromatic N) is 4. The van der Waals surface area contributed by atoms with Gasteiger partial charge in [-0.3, -0.25) is 4.90 Å². The number of hydrogen-bond donors (Lipinski definition) is 1. The molecule has 2 aromatic carbocycles. The zero-order valence-electron chi connectivity index (χ0n) is 16.6. The third kappa shape index (κ3) is 3.57. The molecule has 0 amide bonds. The van der Waals surface area contributed by atoms with E-state index in [9.17, 15) is 15.3 Å². The van der Waals surface area contributed by atoms with E-state index in [1.165, 1.54) is 0 Å². The molecule has 0 bridgehead atoms. The van der Waals surface area contributed by atoms with Crippen LogP contribution in [0, 0.1) is 16.2 Å². The highest BCUT2D eigenvalue weighted by Gasteiger charge is 2.46. The van der Waals surface area contributed by atoms with Crippen molar-refractivity contribution in [2.24, 2.45) is 5.18 Å². The van der Waals surface area contributed by atoms with Crippen LogP contribution >= 0.6 is 0 Å². The lowest BCUT2D eigenvalue weighted by Gasteiger charge is -2.48. The van der Waals surface area contributed by atoms with Crippen LogP contribution in [0.15, 0.2) is 47.6 Å². The SMILES string of the molecule is CC1(C)Oc2ccc(C#N)cc2[C@@H](N2CCN(c3ccc(N=O)cc3)CC2)[C@@H]1O. The van der Waals surface area contributed by atoms with Gasteiger partial charge in [-0.25, -0.2) is 0 Å². The molecule has 4 rings (SSSR count). The fraction of sp³-hybridized carbons (Fsp3) is 0.409. The molecule has 0 spiro atoms. The molecule has 2 aromatic rings. The van der Waals surface area contributed by atoms with Crippen molar-refractivity contribution in [2.75, 3.05) is 31.1 Å². The number of benzene rings is 2. The summed E-state index contributed by atoms with van der Waals surface area (Å²) in [7, 11) is 0. The second kappa shape index (κ2) is 7.47. The van der Waals surface area contributed by atoms with E-state index in [-0.39, 0.29) is 6.04 Å². The lowest BCUT2D eigenvalue weighted by atomic mass is 9.84. The summed E-state index contributed by atoms with van der Waals surface area (Å²) in [4.78, 5) is 15.1. The van der Waals surface area contributed by atoms with E-state index in [0.717, 1.165) is 43.2 Å². The smallest absolute Gasteiger partial charge is 0.131 e. The Bertz CT molecular complexity index is 944. The summed E-state index contributed by atoms with van der Waals surface area (Å²) in [5, 5.41) is 23.3. The van der Waals surface area contributed by atoms with Gasteiger partial charge >= 0.3 is 0 Å². The van der Waals surface area contributed by atoms with Crippen LogP contribution in [-0.4, -0.2) is 47.9 Å². The molecule has 1 N–H and O–H groups in total. The normalized spacial score (nSPS) is 23.6. The van der Waals surface area contributed by atoms with Gasteiger partial charge in [0.1, 0.15) is 23.1 Å². The summed E-state index contributed by atoms with van der Waals surface area (Å²) in [6.45, 7) is 6.91. The van der Waals surface area contributed by atoms with E-state index < -0.39 is 11.7 Å². The standard InChI is InChI=1S/C22H24N4O3/c1-22(2)21(27)20(18-13-15(14-23)3-8-19(18)29-22)26-11-9-25(10-12-26)17-6-4-16(24-28)5-7-17/h3-8,13,20-21,27H,9-12H2,1-2H3/t20-,21+/m1/s1. The van der Waals surface area contributed by atoms with Gasteiger partial charge in [0.05, 0.1) is 17.7 Å². The zero-order valence-corrected chi connectivity index (χ0v) is 16.6. The number of rotatable bonds is 3. The fourth-order valence-electron chi connectivity index (χ4n) is 4.22. The largest absolute Gasteiger partial charge is 0.485 e. The minimum Gasteiger partial charge on any atom is -0.485 e. The molecule has 7 heteroatoms. The van der Waals surface area contributed by atoms with Crippen LogP contribution in [0.25, 0.3) is 0 Å². The van der Waals surface area contributed by atoms with Crippen LogP contribution in [0.1, 0.15) is 31.0 Å². The van der Waals surface area contributed by atoms with Crippen molar-refractivity contribution in [3.63, 3.8) is 0 Å². The highest BCUT2D eigenvalue weighted by atomic mass is 16.5. The number of aliphatic hydroxyl groups excluding tert-OH is 1. The molecule has 29 heavy (non-hydrogen) atoms. The minimum absolute atomic E-state index is 0.231. The Labute approximate surface area is 170 Å². The van der Waals surface area contributed by atoms with Crippen LogP contribution in [0.5, 0.6) is 5.75 Å². The second-order valence-electron chi connectivity index (χ2n) is 8.09. The third-order valence-corrected chi connectivity index (χ3v) is 5.87. The van der Waals surface area contributed by atoms with Crippen molar-refractivity contribution in [1.82, 2.24) is 4.90 Å². The number of fused-ring (bicyclic) bond motifs is 1. The van der Waals surface area contributed by atoms with Crippen molar-refractivity contribution in [2.45, 2.75) is 31.6 Å². The third-order valence-electron chi connectivity index (χ3n) is 5.87. The van der Waals surface area contributed by atoms with Gasteiger partial charge in [0.25, 0.3) is 0 Å². The number of aliphatic hydroxyl groups is 1. The first-order valence-corrected chi connectivity index (χ1v) is 9.76. The van der Waals surface area contributed by atoms with E-state index in [1.807, 2.05) is 38.1 Å². The molecule has 0 unspecified atom stereocenters. The average molecular weight is 392 g/mol. The monoisotopic (exact) mass is 392 g/mol. The van der Waals surface area contributed by atoms with Crippen LogP contribution in [0.2, 0.25) is 0 Å². The Morgan fingerprint density at radius 3 is 2.45 bits per heavy atom. The van der Waals surface area contributed by atoms with Crippen LogP contribution < -0.4 is 9.64 Å². The van der Waals surface area contributed by atoms with Gasteiger partial charge in [0.15, 0.2) is 0 Å². The summed E-state index contributed by atoms with van der Waals surface area (Å²) >= 11 is 0. The second-order valence-corrected chi connectivity index (χ2v) is 8.09. The summed E-state index contributed by atoms with van der Waals surface area (Å²) in [5.41, 5.74) is 2.18. The molecule has 150 valence electrons. The molecule has 0 saturated carbocycles. The molecule has 2 heterocycles. The molecule has 0 aliphatic carbocycles. The fourth-order valence-corrected chi connectivity index (χ4v) is 4.22. The van der Waals surface area contributed by atoms with Crippen LogP contribution in [0.3, 0.4) is 0 Å². The molecule has 2 aliphatic heterocycles. The number of piperazine rings is 1. The Morgan fingerprint density at radius 2 is 1.83 bits per heavy atom. The Balaban J connectivity index is 1.57. The Morgan fingerprint density at radius 1 is 1.14 bits per heavy atom. The Kier molecular flexibility index (Phi) is 4.99. The summed E-state index contributed by atoms with van der Waals surface area (Å²) in [6, 6.07) is 14.6. The van der Waals surface area contributed by atoms with E-state index in [4.69, 9.17) is 4.74 Å². The lowest BCUT2D eigenvalue weighted by molar-refractivity contribution is -0.0942. The first-order chi connectivity index (χ1) is 13.9. The van der Waals surface area contributed by atoms with Gasteiger partial charge in [-0.2, -0.15) is 5.26 Å². The summed E-state index contributed by atoms with van der Waals surface area (Å²) in [5.74, 6) is 0.726. The molecule has 2 aliphatic rings. The number of ether oxygens (including phenoxy) is 1. The minimum atomic E-state index is -0.722. The zero-order chi connectivity index (χ0) is 20.6. The molecular weight excluding hydrogens is 368 g/mol. The van der Waals surface area contributed by atoms with E-state index in [1.54, 1.807) is 18.2 Å². The first-order valence-electron chi connectivity index (χ1n) is 9.76. The predicted octanol–water partition coefficient (Wildman–Crippen LogP) is 3.35. The van der Waals surface area contributed by atoms with Gasteiger partial charge in [-0.15, -0.1) is 4.91 Å². The highest BCUT2D eigenvalue weighted by molar-refractivity contribution is 5.53. The van der Waals surface area contributed by atoms with Crippen molar-refractivity contribution < 1.29 is 9.84 Å². The average Bonchev–Trinajstić information content (AvgIpc) is 2.74. The van der Waals surface area contributed by atoms with Crippen molar-refractivity contribution in [3.8, 4) is 11.8 Å². The van der Waals surface area contributed by atoms with E-state index >= 15 is 0 Å². The maximum Gasteiger partial charge on any atom is 0.131 e. The number of anilines is 1. The maximum atomic E-state index is 11.1. The molecule has 7 nitrogen and oxygen atoms in total. The van der Waals surface area contributed by atoms with Gasteiger partial charge in [0.2, 0.25) is 0 Å². The van der Waals surface area contributed by atoms with Crippen molar-refractivity contribution >= 4 is 11.4 Å². The summed E-state index contributed by atoms with van der Waals surface area (Å²) < 4.78 is 6.03. The van der Waals surface area contributed by atoms with Gasteiger partial charge < -0.3 is 14.7 Å². The Hall–Kier alpha value is -2.95. The van der Waals surface area contributed by atoms with Gasteiger partial charge in [0, 0.05) is 37.4 Å². The summed E-state index contributed by atoms with van der Waals surface area (Å²) in [6.07, 6.45) is -0.714. The first kappa shape index (κ1) is 19.4. The topological polar surface area (TPSA) is 89.2 Å². The van der Waals surface area contributed by atoms with Crippen LogP contribution in [0.4, 0.5) is 11.4 Å². The van der Waals surface area contributed by atoms with E-state index in [2.05, 4.69) is 21.0 Å². The quantitative estimate of drug-likeness (QED) is 0.806. The van der Waals surface area contributed by atoms with Crippen LogP contribution in [-0.2, 0) is 0 Å². The highest BCUT2D eigenvalue weighted by Crippen LogP contribution is 2.43. The van der Waals surface area contributed by atoms with E-state index in [0.29, 0.717) is 11.3 Å². The van der Waals surface area contributed by atoms with Gasteiger partial charge in [-0.1, -0.05) is 0 Å². The molecule has 2 atom stereocenters. The molecular formula is C22H24N4O3. The number of hydrogen-bond acceptors (Lipinski definition) is 7. The maximum absolute atomic E-state index is 11.1. The molecule has 1 fully saturated rings. The molecule has 0 aromatic heterocycles. The molecule has 0 radical (unpaired) electrons.